The molecule has 0 N–H and O–H groups in total. The average Bonchev–Trinajstić information content (AvgIpc) is 4.02. The van der Waals surface area contributed by atoms with E-state index in [-0.39, 0.29) is 38.1 Å². The van der Waals surface area contributed by atoms with Crippen molar-refractivity contribution < 1.29 is 26.3 Å². The van der Waals surface area contributed by atoms with Gasteiger partial charge in [0.2, 0.25) is 0 Å². The minimum absolute atomic E-state index is 0.0270. The second-order valence-electron chi connectivity index (χ2n) is 14.0. The van der Waals surface area contributed by atoms with Gasteiger partial charge in [0.15, 0.2) is 17.5 Å². The molecule has 0 aliphatic rings. The summed E-state index contributed by atoms with van der Waals surface area (Å²) in [6, 6.07) is 23.7. The van der Waals surface area contributed by atoms with Crippen LogP contribution < -0.4 is 0 Å². The summed E-state index contributed by atoms with van der Waals surface area (Å²) in [6.07, 6.45) is 0. The van der Waals surface area contributed by atoms with E-state index < -0.39 is 124 Å². The molecule has 12 aromatic rings. The number of hydrogen-bond donors (Lipinski definition) is 0. The maximum atomic E-state index is 9.75. The highest BCUT2D eigenvalue weighted by Gasteiger charge is 2.18. The third-order valence-electron chi connectivity index (χ3n) is 10.4. The van der Waals surface area contributed by atoms with E-state index in [1.807, 2.05) is 84.9 Å². The number of rotatable bonds is 6. The molecule has 0 radical (unpaired) electrons. The third-order valence-corrected chi connectivity index (χ3v) is 10.4. The standard InChI is InChI=1S/C55H34N4O/c1-3-12-35(13-4-1)36-22-26-39(27-23-36)54-56-53(38-14-5-2-6-15-38)57-55(58-54)40-28-24-37(25-29-40)44-19-11-21-50-52(44)46-31-30-43(34-51(46)60-50)59-48-20-10-9-18-45(48)47-32-41-16-7-8-17-42(41)33-49(47)59/h1-34H/i7D,8D,9D,10D,11D,16D,17D,18D,19D,20D,21D,30D,31D,32D,33D,34D. The minimum Gasteiger partial charge on any atom is -0.456 e. The topological polar surface area (TPSA) is 56.7 Å². The van der Waals surface area contributed by atoms with Gasteiger partial charge in [-0.3, -0.25) is 0 Å². The molecule has 5 nitrogen and oxygen atoms in total. The summed E-state index contributed by atoms with van der Waals surface area (Å²) in [5.41, 5.74) is 2.46. The summed E-state index contributed by atoms with van der Waals surface area (Å²) in [7, 11) is 0. The number of hydrogen-bond acceptors (Lipinski definition) is 4. The Hall–Kier alpha value is -8.15. The van der Waals surface area contributed by atoms with Crippen LogP contribution in [0.15, 0.2) is 210 Å². The van der Waals surface area contributed by atoms with Gasteiger partial charge in [0.25, 0.3) is 0 Å². The molecule has 0 amide bonds. The van der Waals surface area contributed by atoms with E-state index in [0.29, 0.717) is 28.6 Å². The smallest absolute Gasteiger partial charge is 0.164 e. The molecule has 12 rings (SSSR count). The Kier molecular flexibility index (Phi) is 4.94. The molecule has 280 valence electrons. The van der Waals surface area contributed by atoms with Gasteiger partial charge in [0.1, 0.15) is 11.2 Å². The fourth-order valence-electron chi connectivity index (χ4n) is 7.55. The second kappa shape index (κ2) is 13.8. The van der Waals surface area contributed by atoms with Gasteiger partial charge in [0, 0.05) is 50.0 Å². The summed E-state index contributed by atoms with van der Waals surface area (Å²) in [5.74, 6) is 1.16. The molecule has 3 heterocycles. The molecule has 0 fully saturated rings. The van der Waals surface area contributed by atoms with Crippen molar-refractivity contribution in [2.75, 3.05) is 0 Å². The highest BCUT2D eigenvalue weighted by atomic mass is 16.3. The van der Waals surface area contributed by atoms with Crippen molar-refractivity contribution in [2.24, 2.45) is 0 Å². The number of benzene rings is 9. The second-order valence-corrected chi connectivity index (χ2v) is 14.0. The van der Waals surface area contributed by atoms with Gasteiger partial charge in [-0.25, -0.2) is 15.0 Å². The zero-order valence-corrected chi connectivity index (χ0v) is 31.1. The number of nitrogens with zero attached hydrogens (tertiary/aromatic N) is 4. The molecule has 0 saturated heterocycles. The van der Waals surface area contributed by atoms with Crippen molar-refractivity contribution in [3.05, 3.63) is 206 Å². The van der Waals surface area contributed by atoms with Gasteiger partial charge < -0.3 is 8.98 Å². The number of fused-ring (bicyclic) bond motifs is 7. The van der Waals surface area contributed by atoms with Crippen LogP contribution in [0.3, 0.4) is 0 Å². The highest BCUT2D eigenvalue weighted by Crippen LogP contribution is 2.40. The first-order chi connectivity index (χ1) is 36.4. The number of furan rings is 1. The van der Waals surface area contributed by atoms with E-state index in [1.165, 1.54) is 0 Å². The Balaban J connectivity index is 1.07. The van der Waals surface area contributed by atoms with Crippen molar-refractivity contribution in [3.8, 4) is 62.1 Å². The van der Waals surface area contributed by atoms with Crippen molar-refractivity contribution in [1.29, 1.82) is 0 Å². The molecule has 0 bridgehead atoms. The first-order valence-electron chi connectivity index (χ1n) is 26.9. The van der Waals surface area contributed by atoms with Crippen LogP contribution in [-0.2, 0) is 0 Å². The van der Waals surface area contributed by atoms with E-state index in [4.69, 9.17) is 33.1 Å². The molecular weight excluding hydrogens is 733 g/mol. The van der Waals surface area contributed by atoms with Crippen molar-refractivity contribution in [2.45, 2.75) is 0 Å². The summed E-state index contributed by atoms with van der Waals surface area (Å²) < 4.78 is 152. The first-order valence-corrected chi connectivity index (χ1v) is 18.9. The van der Waals surface area contributed by atoms with Crippen LogP contribution in [0.25, 0.3) is 117 Å². The lowest BCUT2D eigenvalue weighted by molar-refractivity contribution is 0.668. The van der Waals surface area contributed by atoms with E-state index in [0.717, 1.165) is 26.8 Å². The van der Waals surface area contributed by atoms with E-state index >= 15 is 0 Å². The maximum Gasteiger partial charge on any atom is 0.164 e. The Morgan fingerprint density at radius 2 is 0.967 bits per heavy atom. The lowest BCUT2D eigenvalue weighted by Crippen LogP contribution is -2.00. The fraction of sp³-hybridized carbons (Fsp3) is 0. The quantitative estimate of drug-likeness (QED) is 0.169. The zero-order chi connectivity index (χ0) is 53.5. The molecule has 3 aromatic heterocycles. The lowest BCUT2D eigenvalue weighted by atomic mass is 9.98. The molecule has 0 saturated carbocycles. The molecular formula is C55H34N4O. The zero-order valence-electron chi connectivity index (χ0n) is 47.1. The van der Waals surface area contributed by atoms with Crippen LogP contribution in [0.5, 0.6) is 0 Å². The van der Waals surface area contributed by atoms with Gasteiger partial charge in [0.05, 0.1) is 33.0 Å². The SMILES string of the molecule is [2H]c1c([2H])c(-c2ccc(-c3nc(-c4ccccc4)nc(-c4ccc(-c5ccccc5)cc4)n3)cc2)c2c(oc3c([2H])c(-n4c5c([2H])c([2H])c([2H])c([2H])c5c5c([2H])c6c([2H])c([2H])c([2H])c([2H])c6c([2H])c54)c([2H])c([2H])c32)c1[2H]. The fourth-order valence-corrected chi connectivity index (χ4v) is 7.55. The molecule has 5 heteroatoms. The lowest BCUT2D eigenvalue weighted by Gasteiger charge is -2.10. The van der Waals surface area contributed by atoms with E-state index in [1.54, 1.807) is 24.3 Å². The number of aromatic nitrogens is 4. The van der Waals surface area contributed by atoms with Crippen LogP contribution in [0, 0.1) is 0 Å². The Morgan fingerprint density at radius 3 is 1.67 bits per heavy atom. The molecule has 0 atom stereocenters. The van der Waals surface area contributed by atoms with Crippen LogP contribution in [-0.4, -0.2) is 19.5 Å². The van der Waals surface area contributed by atoms with Gasteiger partial charge in [-0.15, -0.1) is 0 Å². The van der Waals surface area contributed by atoms with Crippen molar-refractivity contribution in [1.82, 2.24) is 19.5 Å². The van der Waals surface area contributed by atoms with Gasteiger partial charge in [-0.2, -0.15) is 0 Å². The van der Waals surface area contributed by atoms with Crippen LogP contribution in [0.1, 0.15) is 21.9 Å². The van der Waals surface area contributed by atoms with Crippen LogP contribution >= 0.6 is 0 Å². The Bertz CT molecular complexity index is 4510. The van der Waals surface area contributed by atoms with Gasteiger partial charge in [-0.05, 0) is 69.3 Å². The van der Waals surface area contributed by atoms with E-state index in [2.05, 4.69) is 0 Å². The Morgan fingerprint density at radius 1 is 0.400 bits per heavy atom. The van der Waals surface area contributed by atoms with Gasteiger partial charge in [-0.1, -0.05) is 164 Å². The summed E-state index contributed by atoms with van der Waals surface area (Å²) in [5, 5.41) is -1.67. The molecule has 9 aromatic carbocycles. The van der Waals surface area contributed by atoms with Crippen LogP contribution in [0.4, 0.5) is 0 Å². The molecule has 60 heavy (non-hydrogen) atoms. The summed E-state index contributed by atoms with van der Waals surface area (Å²) in [4.78, 5) is 14.6. The monoisotopic (exact) mass is 782 g/mol. The minimum atomic E-state index is -0.746. The molecule has 0 unspecified atom stereocenters. The van der Waals surface area contributed by atoms with E-state index in [9.17, 15) is 8.22 Å². The predicted octanol–water partition coefficient (Wildman–Crippen LogP) is 14.4. The molecule has 0 spiro atoms. The summed E-state index contributed by atoms with van der Waals surface area (Å²) >= 11 is 0. The van der Waals surface area contributed by atoms with Gasteiger partial charge >= 0.3 is 0 Å². The molecule has 0 aliphatic heterocycles. The van der Waals surface area contributed by atoms with Crippen molar-refractivity contribution >= 4 is 54.5 Å². The number of para-hydroxylation sites is 1. The predicted molar refractivity (Wildman–Crippen MR) is 246 cm³/mol. The maximum absolute atomic E-state index is 9.75. The normalized spacial score (nSPS) is 15.4. The average molecular weight is 783 g/mol. The van der Waals surface area contributed by atoms with Crippen LogP contribution in [0.2, 0.25) is 0 Å². The molecule has 0 aliphatic carbocycles. The third kappa shape index (κ3) is 5.67. The summed E-state index contributed by atoms with van der Waals surface area (Å²) in [6.45, 7) is 0. The highest BCUT2D eigenvalue weighted by molar-refractivity contribution is 6.15. The van der Waals surface area contributed by atoms with Crippen molar-refractivity contribution in [3.63, 3.8) is 0 Å². The largest absolute Gasteiger partial charge is 0.456 e. The first kappa shape index (κ1) is 21.6. The Labute approximate surface area is 368 Å².